The molecule has 5 heteroatoms. The molecule has 12 heavy (non-hydrogen) atoms. The molecule has 1 aliphatic heterocycles. The second-order valence-corrected chi connectivity index (χ2v) is 4.15. The highest BCUT2D eigenvalue weighted by Gasteiger charge is 2.20. The van der Waals surface area contributed by atoms with Gasteiger partial charge >= 0.3 is 0 Å². The van der Waals surface area contributed by atoms with Gasteiger partial charge in [0.05, 0.1) is 6.54 Å². The molecular weight excluding hydrogens is 174 g/mol. The number of hydrogen-bond donors (Lipinski definition) is 2. The molecule has 0 radical (unpaired) electrons. The van der Waals surface area contributed by atoms with Gasteiger partial charge < -0.3 is 0 Å². The van der Waals surface area contributed by atoms with Gasteiger partial charge in [-0.2, -0.15) is 11.8 Å². The highest BCUT2D eigenvalue weighted by Crippen LogP contribution is 2.20. The lowest BCUT2D eigenvalue weighted by atomic mass is 10.2. The van der Waals surface area contributed by atoms with E-state index in [0.29, 0.717) is 12.6 Å². The van der Waals surface area contributed by atoms with Crippen LogP contribution in [0.2, 0.25) is 0 Å². The van der Waals surface area contributed by atoms with E-state index < -0.39 is 0 Å². The van der Waals surface area contributed by atoms with Crippen molar-refractivity contribution in [2.45, 2.75) is 12.5 Å². The number of nitrogens with zero attached hydrogens (tertiary/aromatic N) is 1. The Hall–Kier alpha value is -0.260. The van der Waals surface area contributed by atoms with Gasteiger partial charge in [-0.15, -0.1) is 0 Å². The number of amides is 1. The third kappa shape index (κ3) is 2.66. The minimum atomic E-state index is -0.116. The van der Waals surface area contributed by atoms with E-state index in [4.69, 9.17) is 5.84 Å². The maximum atomic E-state index is 10.9. The first-order chi connectivity index (χ1) is 5.74. The van der Waals surface area contributed by atoms with Crippen LogP contribution in [0.25, 0.3) is 0 Å². The second-order valence-electron chi connectivity index (χ2n) is 3.00. The van der Waals surface area contributed by atoms with Gasteiger partial charge in [-0.05, 0) is 19.2 Å². The third-order valence-corrected chi connectivity index (χ3v) is 3.23. The Balaban J connectivity index is 2.26. The van der Waals surface area contributed by atoms with Crippen molar-refractivity contribution in [1.82, 2.24) is 10.3 Å². The topological polar surface area (TPSA) is 58.4 Å². The lowest BCUT2D eigenvalue weighted by molar-refractivity contribution is -0.122. The summed E-state index contributed by atoms with van der Waals surface area (Å²) in [6.07, 6.45) is 1.18. The predicted octanol–water partition coefficient (Wildman–Crippen LogP) is -0.586. The van der Waals surface area contributed by atoms with E-state index in [1.807, 2.05) is 18.8 Å². The summed E-state index contributed by atoms with van der Waals surface area (Å²) in [6, 6.07) is 0.548. The van der Waals surface area contributed by atoms with Crippen molar-refractivity contribution in [2.24, 2.45) is 5.84 Å². The molecule has 1 atom stereocenters. The first-order valence-electron chi connectivity index (χ1n) is 4.01. The summed E-state index contributed by atoms with van der Waals surface area (Å²) < 4.78 is 0. The maximum absolute atomic E-state index is 10.9. The highest BCUT2D eigenvalue weighted by atomic mass is 32.2. The van der Waals surface area contributed by atoms with Crippen molar-refractivity contribution >= 4 is 17.7 Å². The summed E-state index contributed by atoms with van der Waals surface area (Å²) in [7, 11) is 1.96. The Kier molecular flexibility index (Phi) is 3.84. The van der Waals surface area contributed by atoms with E-state index in [-0.39, 0.29) is 5.91 Å². The molecule has 1 saturated heterocycles. The lowest BCUT2D eigenvalue weighted by Crippen LogP contribution is -2.42. The van der Waals surface area contributed by atoms with Crippen LogP contribution in [-0.4, -0.2) is 41.9 Å². The number of carbonyl (C=O) groups is 1. The Morgan fingerprint density at radius 3 is 3.08 bits per heavy atom. The fourth-order valence-corrected chi connectivity index (χ4v) is 2.57. The highest BCUT2D eigenvalue weighted by molar-refractivity contribution is 7.99. The van der Waals surface area contributed by atoms with E-state index >= 15 is 0 Å². The number of hydrogen-bond acceptors (Lipinski definition) is 4. The molecule has 0 spiro atoms. The van der Waals surface area contributed by atoms with Crippen LogP contribution in [0.15, 0.2) is 0 Å². The van der Waals surface area contributed by atoms with E-state index in [9.17, 15) is 4.79 Å². The predicted molar refractivity (Wildman–Crippen MR) is 50.7 cm³/mol. The first kappa shape index (κ1) is 9.83. The van der Waals surface area contributed by atoms with Crippen LogP contribution in [0.3, 0.4) is 0 Å². The second kappa shape index (κ2) is 4.69. The monoisotopic (exact) mass is 189 g/mol. The molecule has 0 aromatic rings. The quantitative estimate of drug-likeness (QED) is 0.354. The average molecular weight is 189 g/mol. The molecule has 0 bridgehead atoms. The van der Waals surface area contributed by atoms with Crippen molar-refractivity contribution in [3.05, 3.63) is 0 Å². The molecule has 1 fully saturated rings. The molecule has 3 N–H and O–H groups in total. The summed E-state index contributed by atoms with van der Waals surface area (Å²) in [5.41, 5.74) is 2.13. The summed E-state index contributed by atoms with van der Waals surface area (Å²) in [5.74, 6) is 7.21. The molecule has 0 saturated carbocycles. The normalized spacial score (nSPS) is 23.1. The van der Waals surface area contributed by atoms with Crippen LogP contribution >= 0.6 is 11.8 Å². The summed E-state index contributed by atoms with van der Waals surface area (Å²) >= 11 is 1.94. The zero-order valence-electron chi connectivity index (χ0n) is 7.25. The Labute approximate surface area is 76.8 Å². The zero-order chi connectivity index (χ0) is 8.97. The van der Waals surface area contributed by atoms with Crippen molar-refractivity contribution < 1.29 is 4.79 Å². The van der Waals surface area contributed by atoms with E-state index in [1.165, 1.54) is 12.2 Å². The summed E-state index contributed by atoms with van der Waals surface area (Å²) in [5, 5.41) is 0. The summed E-state index contributed by atoms with van der Waals surface area (Å²) in [6.45, 7) is 0.404. The van der Waals surface area contributed by atoms with Crippen molar-refractivity contribution in [1.29, 1.82) is 0 Å². The standard InChI is InChI=1S/C7H15N3OS/c1-10(4-7(11)9-8)6-2-3-12-5-6/h6H,2-5,8H2,1H3,(H,9,11). The smallest absolute Gasteiger partial charge is 0.248 e. The van der Waals surface area contributed by atoms with Crippen LogP contribution < -0.4 is 11.3 Å². The molecule has 1 amide bonds. The van der Waals surface area contributed by atoms with Crippen LogP contribution in [0, 0.1) is 0 Å². The Bertz CT molecular complexity index is 159. The number of nitrogens with two attached hydrogens (primary N) is 1. The van der Waals surface area contributed by atoms with Crippen molar-refractivity contribution in [3.8, 4) is 0 Å². The average Bonchev–Trinajstić information content (AvgIpc) is 2.56. The van der Waals surface area contributed by atoms with Crippen molar-refractivity contribution in [3.63, 3.8) is 0 Å². The minimum absolute atomic E-state index is 0.116. The van der Waals surface area contributed by atoms with Gasteiger partial charge in [0.2, 0.25) is 5.91 Å². The zero-order valence-corrected chi connectivity index (χ0v) is 8.06. The molecular formula is C7H15N3OS. The number of likely N-dealkylation sites (N-methyl/N-ethyl adjacent to an activating group) is 1. The molecule has 1 unspecified atom stereocenters. The number of nitrogens with one attached hydrogen (secondary N) is 1. The molecule has 70 valence electrons. The van der Waals surface area contributed by atoms with Gasteiger partial charge in [0, 0.05) is 11.8 Å². The van der Waals surface area contributed by atoms with Gasteiger partial charge in [-0.1, -0.05) is 0 Å². The number of hydrazine groups is 1. The van der Waals surface area contributed by atoms with Gasteiger partial charge in [0.1, 0.15) is 0 Å². The number of carbonyl (C=O) groups excluding carboxylic acids is 1. The fourth-order valence-electron chi connectivity index (χ4n) is 1.27. The van der Waals surface area contributed by atoms with Crippen LogP contribution in [0.5, 0.6) is 0 Å². The molecule has 4 nitrogen and oxygen atoms in total. The van der Waals surface area contributed by atoms with E-state index in [0.717, 1.165) is 5.75 Å². The van der Waals surface area contributed by atoms with Gasteiger partial charge in [-0.25, -0.2) is 5.84 Å². The molecule has 0 aromatic carbocycles. The van der Waals surface area contributed by atoms with Crippen LogP contribution in [0.1, 0.15) is 6.42 Å². The third-order valence-electron chi connectivity index (χ3n) is 2.08. The number of rotatable bonds is 3. The molecule has 0 aliphatic carbocycles. The largest absolute Gasteiger partial charge is 0.294 e. The number of thioether (sulfide) groups is 1. The van der Waals surface area contributed by atoms with Gasteiger partial charge in [0.15, 0.2) is 0 Å². The van der Waals surface area contributed by atoms with Gasteiger partial charge in [0.25, 0.3) is 0 Å². The SMILES string of the molecule is CN(CC(=O)NN)C1CCSC1. The van der Waals surface area contributed by atoms with Crippen LogP contribution in [-0.2, 0) is 4.79 Å². The lowest BCUT2D eigenvalue weighted by Gasteiger charge is -2.21. The van der Waals surface area contributed by atoms with Crippen LogP contribution in [0.4, 0.5) is 0 Å². The maximum Gasteiger partial charge on any atom is 0.248 e. The fraction of sp³-hybridized carbons (Fsp3) is 0.857. The first-order valence-corrected chi connectivity index (χ1v) is 5.17. The van der Waals surface area contributed by atoms with E-state index in [1.54, 1.807) is 0 Å². The van der Waals surface area contributed by atoms with Crippen molar-refractivity contribution in [2.75, 3.05) is 25.1 Å². The Morgan fingerprint density at radius 2 is 2.58 bits per heavy atom. The minimum Gasteiger partial charge on any atom is -0.294 e. The molecule has 1 heterocycles. The van der Waals surface area contributed by atoms with Gasteiger partial charge in [-0.3, -0.25) is 15.1 Å². The molecule has 1 rings (SSSR count). The molecule has 1 aliphatic rings. The van der Waals surface area contributed by atoms with E-state index in [2.05, 4.69) is 10.3 Å². The molecule has 0 aromatic heterocycles. The Morgan fingerprint density at radius 1 is 1.83 bits per heavy atom. The summed E-state index contributed by atoms with van der Waals surface area (Å²) in [4.78, 5) is 13.0.